The van der Waals surface area contributed by atoms with Gasteiger partial charge in [0.2, 0.25) is 0 Å². The van der Waals surface area contributed by atoms with Gasteiger partial charge in [-0.1, -0.05) is 0 Å². The molecule has 0 bridgehead atoms. The smallest absolute Gasteiger partial charge is 0.410 e. The van der Waals surface area contributed by atoms with Crippen molar-refractivity contribution >= 4 is 22.9 Å². The number of amides is 2. The summed E-state index contributed by atoms with van der Waals surface area (Å²) in [7, 11) is 1.64. The molecule has 0 saturated carbocycles. The summed E-state index contributed by atoms with van der Waals surface area (Å²) in [6, 6.07) is 3.77. The van der Waals surface area contributed by atoms with Crippen LogP contribution in [0.25, 0.3) is 10.9 Å². The van der Waals surface area contributed by atoms with Crippen LogP contribution in [0, 0.1) is 5.82 Å². The number of aryl methyl sites for hydroxylation is 1. The van der Waals surface area contributed by atoms with Crippen molar-refractivity contribution in [3.63, 3.8) is 0 Å². The minimum Gasteiger partial charge on any atom is -0.505 e. The first-order chi connectivity index (χ1) is 16.9. The molecule has 36 heavy (non-hydrogen) atoms. The van der Waals surface area contributed by atoms with Gasteiger partial charge >= 0.3 is 6.09 Å². The number of rotatable bonds is 8. The molecule has 8 nitrogen and oxygen atoms in total. The molecule has 200 valence electrons. The van der Waals surface area contributed by atoms with Crippen LogP contribution in [-0.4, -0.2) is 76.0 Å². The SMILES string of the molecule is COCCCCn1c(C(=O)N(C(C)C)[C@@H]2CCCN(C(=O)OC(C)(C)C)C2)c(O)c2cc(F)ccc21. The predicted molar refractivity (Wildman–Crippen MR) is 137 cm³/mol. The third kappa shape index (κ3) is 6.30. The number of aromatic hydroxyl groups is 1. The van der Waals surface area contributed by atoms with Crippen LogP contribution in [0.4, 0.5) is 9.18 Å². The van der Waals surface area contributed by atoms with Gasteiger partial charge in [-0.3, -0.25) is 4.79 Å². The summed E-state index contributed by atoms with van der Waals surface area (Å²) in [5.74, 6) is -1.03. The first-order valence-corrected chi connectivity index (χ1v) is 12.7. The fourth-order valence-corrected chi connectivity index (χ4v) is 4.89. The Morgan fingerprint density at radius 1 is 1.25 bits per heavy atom. The average Bonchev–Trinajstić information content (AvgIpc) is 3.06. The first kappa shape index (κ1) is 27.8. The maximum absolute atomic E-state index is 14.1. The number of nitrogens with zero attached hydrogens (tertiary/aromatic N) is 3. The van der Waals surface area contributed by atoms with Crippen molar-refractivity contribution in [2.45, 2.75) is 84.5 Å². The molecular weight excluding hydrogens is 465 g/mol. The van der Waals surface area contributed by atoms with E-state index in [2.05, 4.69) is 0 Å². The first-order valence-electron chi connectivity index (χ1n) is 12.7. The van der Waals surface area contributed by atoms with E-state index in [0.717, 1.165) is 25.7 Å². The van der Waals surface area contributed by atoms with E-state index in [-0.39, 0.29) is 29.4 Å². The Morgan fingerprint density at radius 2 is 1.97 bits per heavy atom. The topological polar surface area (TPSA) is 84.2 Å². The second-order valence-electron chi connectivity index (χ2n) is 10.7. The number of halogens is 1. The van der Waals surface area contributed by atoms with E-state index in [1.165, 1.54) is 12.1 Å². The fraction of sp³-hybridized carbons (Fsp3) is 0.630. The van der Waals surface area contributed by atoms with E-state index >= 15 is 0 Å². The standard InChI is InChI=1S/C27H40FN3O5/c1-18(2)31(20-10-9-13-29(17-20)26(34)36-27(3,4)5)25(33)23-24(32)21-16-19(28)11-12-22(21)30(23)14-7-8-15-35-6/h11-12,16,18,20,32H,7-10,13-15,17H2,1-6H3/t20-/m1/s1. The molecule has 3 rings (SSSR count). The summed E-state index contributed by atoms with van der Waals surface area (Å²) in [5, 5.41) is 11.4. The number of carbonyl (C=O) groups excluding carboxylic acids is 2. The Hall–Kier alpha value is -2.81. The second kappa shape index (κ2) is 11.5. The number of carbonyl (C=O) groups is 2. The minimum absolute atomic E-state index is 0.149. The number of aromatic nitrogens is 1. The van der Waals surface area contributed by atoms with Crippen LogP contribution in [0.1, 0.15) is 70.8 Å². The van der Waals surface area contributed by atoms with Crippen LogP contribution >= 0.6 is 0 Å². The number of methoxy groups -OCH3 is 1. The number of piperidine rings is 1. The molecule has 1 aromatic carbocycles. The summed E-state index contributed by atoms with van der Waals surface area (Å²) in [6.45, 7) is 11.3. The Bertz CT molecular complexity index is 1080. The molecular formula is C27H40FN3O5. The summed E-state index contributed by atoms with van der Waals surface area (Å²) < 4.78 is 26.5. The molecule has 1 aliphatic heterocycles. The molecule has 1 aliphatic rings. The molecule has 1 N–H and O–H groups in total. The van der Waals surface area contributed by atoms with Gasteiger partial charge in [-0.2, -0.15) is 0 Å². The highest BCUT2D eigenvalue weighted by atomic mass is 19.1. The number of likely N-dealkylation sites (tertiary alicyclic amines) is 1. The molecule has 9 heteroatoms. The number of hydrogen-bond acceptors (Lipinski definition) is 5. The van der Waals surface area contributed by atoms with E-state index < -0.39 is 17.5 Å². The van der Waals surface area contributed by atoms with E-state index in [4.69, 9.17) is 9.47 Å². The minimum atomic E-state index is -0.609. The fourth-order valence-electron chi connectivity index (χ4n) is 4.89. The highest BCUT2D eigenvalue weighted by Gasteiger charge is 2.36. The van der Waals surface area contributed by atoms with Gasteiger partial charge in [0.1, 0.15) is 11.4 Å². The lowest BCUT2D eigenvalue weighted by atomic mass is 10.0. The van der Waals surface area contributed by atoms with Crippen LogP contribution in [0.5, 0.6) is 5.75 Å². The van der Waals surface area contributed by atoms with Gasteiger partial charge in [0.15, 0.2) is 11.4 Å². The predicted octanol–water partition coefficient (Wildman–Crippen LogP) is 5.16. The largest absolute Gasteiger partial charge is 0.505 e. The van der Waals surface area contributed by atoms with E-state index in [9.17, 15) is 19.1 Å². The average molecular weight is 506 g/mol. The van der Waals surface area contributed by atoms with Crippen molar-refractivity contribution in [1.29, 1.82) is 0 Å². The Morgan fingerprint density at radius 3 is 2.61 bits per heavy atom. The number of benzene rings is 1. The van der Waals surface area contributed by atoms with Gasteiger partial charge in [0.25, 0.3) is 5.91 Å². The third-order valence-electron chi connectivity index (χ3n) is 6.41. The Labute approximate surface area is 212 Å². The second-order valence-corrected chi connectivity index (χ2v) is 10.7. The molecule has 2 amide bonds. The van der Waals surface area contributed by atoms with Crippen molar-refractivity contribution in [1.82, 2.24) is 14.4 Å². The zero-order valence-electron chi connectivity index (χ0n) is 22.3. The lowest BCUT2D eigenvalue weighted by molar-refractivity contribution is 0.00726. The van der Waals surface area contributed by atoms with Crippen LogP contribution in [0.3, 0.4) is 0 Å². The number of fused-ring (bicyclic) bond motifs is 1. The third-order valence-corrected chi connectivity index (χ3v) is 6.41. The maximum atomic E-state index is 14.1. The van der Waals surface area contributed by atoms with Crippen LogP contribution in [0.2, 0.25) is 0 Å². The lowest BCUT2D eigenvalue weighted by Gasteiger charge is -2.41. The zero-order chi connectivity index (χ0) is 26.6. The lowest BCUT2D eigenvalue weighted by Crippen LogP contribution is -2.54. The van der Waals surface area contributed by atoms with Crippen molar-refractivity contribution in [2.24, 2.45) is 0 Å². The summed E-state index contributed by atoms with van der Waals surface area (Å²) in [4.78, 5) is 30.2. The molecule has 2 aromatic rings. The molecule has 2 heterocycles. The number of hydrogen-bond donors (Lipinski definition) is 1. The van der Waals surface area contributed by atoms with Crippen LogP contribution in [-0.2, 0) is 16.0 Å². The van der Waals surface area contributed by atoms with Gasteiger partial charge in [-0.15, -0.1) is 0 Å². The number of unbranched alkanes of at least 4 members (excludes halogenated alkanes) is 1. The quantitative estimate of drug-likeness (QED) is 0.501. The molecule has 0 aliphatic carbocycles. The molecule has 1 saturated heterocycles. The molecule has 0 unspecified atom stereocenters. The van der Waals surface area contributed by atoms with Gasteiger partial charge in [0, 0.05) is 44.8 Å². The van der Waals surface area contributed by atoms with Crippen LogP contribution < -0.4 is 0 Å². The summed E-state index contributed by atoms with van der Waals surface area (Å²) in [6.07, 6.45) is 2.58. The number of ether oxygens (including phenoxy) is 2. The summed E-state index contributed by atoms with van der Waals surface area (Å²) in [5.41, 5.74) is 0.149. The highest BCUT2D eigenvalue weighted by molar-refractivity contribution is 6.04. The van der Waals surface area contributed by atoms with E-state index in [1.54, 1.807) is 27.5 Å². The van der Waals surface area contributed by atoms with Gasteiger partial charge in [-0.05, 0) is 78.5 Å². The normalized spacial score (nSPS) is 16.6. The monoisotopic (exact) mass is 505 g/mol. The van der Waals surface area contributed by atoms with Crippen molar-refractivity contribution < 1.29 is 28.6 Å². The zero-order valence-corrected chi connectivity index (χ0v) is 22.3. The van der Waals surface area contributed by atoms with E-state index in [1.807, 2.05) is 34.6 Å². The molecule has 1 aromatic heterocycles. The highest BCUT2D eigenvalue weighted by Crippen LogP contribution is 2.35. The van der Waals surface area contributed by atoms with Gasteiger partial charge in [-0.25, -0.2) is 9.18 Å². The van der Waals surface area contributed by atoms with Crippen molar-refractivity contribution in [3.05, 3.63) is 29.7 Å². The Balaban J connectivity index is 1.95. The van der Waals surface area contributed by atoms with Gasteiger partial charge in [0.05, 0.1) is 11.6 Å². The Kier molecular flexibility index (Phi) is 8.87. The maximum Gasteiger partial charge on any atom is 0.410 e. The van der Waals surface area contributed by atoms with Gasteiger partial charge < -0.3 is 28.9 Å². The molecule has 1 atom stereocenters. The van der Waals surface area contributed by atoms with Crippen LogP contribution in [0.15, 0.2) is 18.2 Å². The van der Waals surface area contributed by atoms with Crippen molar-refractivity contribution in [2.75, 3.05) is 26.8 Å². The molecule has 0 radical (unpaired) electrons. The molecule has 0 spiro atoms. The van der Waals surface area contributed by atoms with E-state index in [0.29, 0.717) is 37.1 Å². The summed E-state index contributed by atoms with van der Waals surface area (Å²) >= 11 is 0. The molecule has 1 fully saturated rings. The van der Waals surface area contributed by atoms with Crippen molar-refractivity contribution in [3.8, 4) is 5.75 Å².